The van der Waals surface area contributed by atoms with E-state index in [2.05, 4.69) is 5.32 Å². The average molecular weight is 375 g/mol. The Hall–Kier alpha value is -2.21. The van der Waals surface area contributed by atoms with Crippen molar-refractivity contribution >= 4 is 17.7 Å². The minimum absolute atomic E-state index is 0.0458. The number of ether oxygens (including phenoxy) is 2. The molecule has 1 heterocycles. The molecule has 2 aromatic carbocycles. The molecule has 0 saturated carbocycles. The maximum Gasteiger partial charge on any atom is 0.221 e. The van der Waals surface area contributed by atoms with E-state index >= 15 is 0 Å². The van der Waals surface area contributed by atoms with E-state index in [1.807, 2.05) is 25.1 Å². The van der Waals surface area contributed by atoms with Crippen LogP contribution in [0.1, 0.15) is 31.4 Å². The number of carbonyl (C=O) groups excluding carboxylic acids is 1. The quantitative estimate of drug-likeness (QED) is 0.731. The molecule has 1 aliphatic heterocycles. The van der Waals surface area contributed by atoms with Gasteiger partial charge in [0.1, 0.15) is 19.0 Å². The first-order valence-corrected chi connectivity index (χ1v) is 9.72. The minimum Gasteiger partial charge on any atom is -0.486 e. The molecule has 1 unspecified atom stereocenters. The topological polar surface area (TPSA) is 47.6 Å². The number of hydrogen-bond acceptors (Lipinski definition) is 4. The van der Waals surface area contributed by atoms with Crippen molar-refractivity contribution in [1.82, 2.24) is 5.32 Å². The van der Waals surface area contributed by atoms with Crippen molar-refractivity contribution in [3.8, 4) is 11.5 Å². The number of amides is 1. The highest BCUT2D eigenvalue weighted by Crippen LogP contribution is 2.33. The van der Waals surface area contributed by atoms with Gasteiger partial charge in [-0.1, -0.05) is 25.1 Å². The van der Waals surface area contributed by atoms with E-state index in [1.54, 1.807) is 18.2 Å². The second kappa shape index (κ2) is 8.94. The van der Waals surface area contributed by atoms with Crippen LogP contribution in [0.25, 0.3) is 0 Å². The fourth-order valence-electron chi connectivity index (χ4n) is 2.78. The smallest absolute Gasteiger partial charge is 0.221 e. The molecule has 4 nitrogen and oxygen atoms in total. The van der Waals surface area contributed by atoms with Gasteiger partial charge in [-0.2, -0.15) is 0 Å². The van der Waals surface area contributed by atoms with Gasteiger partial charge < -0.3 is 14.8 Å². The molecule has 138 valence electrons. The number of rotatable bonds is 7. The van der Waals surface area contributed by atoms with E-state index in [1.165, 1.54) is 17.8 Å². The van der Waals surface area contributed by atoms with E-state index in [-0.39, 0.29) is 17.8 Å². The van der Waals surface area contributed by atoms with Crippen molar-refractivity contribution in [1.29, 1.82) is 0 Å². The first-order chi connectivity index (χ1) is 12.7. The lowest BCUT2D eigenvalue weighted by Gasteiger charge is -2.22. The Morgan fingerprint density at radius 1 is 1.19 bits per heavy atom. The molecule has 6 heteroatoms. The molecule has 2 aromatic rings. The Labute approximate surface area is 157 Å². The largest absolute Gasteiger partial charge is 0.486 e. The summed E-state index contributed by atoms with van der Waals surface area (Å²) in [5.74, 6) is 1.69. The monoisotopic (exact) mass is 375 g/mol. The maximum atomic E-state index is 13.6. The Kier molecular flexibility index (Phi) is 6.39. The number of thioether (sulfide) groups is 1. The first kappa shape index (κ1) is 18.6. The van der Waals surface area contributed by atoms with Gasteiger partial charge in [-0.25, -0.2) is 4.39 Å². The molecule has 0 aliphatic carbocycles. The molecule has 0 radical (unpaired) electrons. The van der Waals surface area contributed by atoms with Crippen LogP contribution >= 0.6 is 11.8 Å². The van der Waals surface area contributed by atoms with Crippen molar-refractivity contribution < 1.29 is 18.7 Å². The van der Waals surface area contributed by atoms with Crippen LogP contribution in [0.4, 0.5) is 4.39 Å². The van der Waals surface area contributed by atoms with E-state index in [0.717, 1.165) is 23.5 Å². The molecule has 0 bridgehead atoms. The zero-order valence-corrected chi connectivity index (χ0v) is 15.5. The zero-order valence-electron chi connectivity index (χ0n) is 14.7. The third-order valence-corrected chi connectivity index (χ3v) is 5.19. The van der Waals surface area contributed by atoms with E-state index in [4.69, 9.17) is 9.47 Å². The summed E-state index contributed by atoms with van der Waals surface area (Å²) in [5, 5.41) is 3.05. The van der Waals surface area contributed by atoms with Crippen molar-refractivity contribution in [3.05, 3.63) is 53.8 Å². The van der Waals surface area contributed by atoms with Gasteiger partial charge in [0.05, 0.1) is 6.04 Å². The highest BCUT2D eigenvalue weighted by atomic mass is 32.2. The van der Waals surface area contributed by atoms with Crippen molar-refractivity contribution in [2.75, 3.05) is 19.0 Å². The van der Waals surface area contributed by atoms with Crippen LogP contribution in [0.5, 0.6) is 11.5 Å². The van der Waals surface area contributed by atoms with Gasteiger partial charge in [-0.05, 0) is 36.2 Å². The number of nitrogens with one attached hydrogen (secondary N) is 1. The maximum absolute atomic E-state index is 13.6. The standard InChI is InChI=1S/C20H22FNO3S/c1-2-16(14-7-8-17-18(13-14)25-11-10-24-17)22-20(23)9-12-26-19-6-4-3-5-15(19)21/h3-8,13,16H,2,9-12H2,1H3,(H,22,23). The molecule has 0 aromatic heterocycles. The Morgan fingerprint density at radius 2 is 1.96 bits per heavy atom. The summed E-state index contributed by atoms with van der Waals surface area (Å²) >= 11 is 1.35. The summed E-state index contributed by atoms with van der Waals surface area (Å²) in [6, 6.07) is 12.3. The predicted molar refractivity (Wildman–Crippen MR) is 100 cm³/mol. The summed E-state index contributed by atoms with van der Waals surface area (Å²) in [6.45, 7) is 3.11. The lowest BCUT2D eigenvalue weighted by Crippen LogP contribution is -2.28. The van der Waals surface area contributed by atoms with Crippen molar-refractivity contribution in [2.45, 2.75) is 30.7 Å². The highest BCUT2D eigenvalue weighted by Gasteiger charge is 2.17. The molecular formula is C20H22FNO3S. The van der Waals surface area contributed by atoms with E-state index in [0.29, 0.717) is 30.3 Å². The van der Waals surface area contributed by atoms with Crippen LogP contribution in [0, 0.1) is 5.82 Å². The van der Waals surface area contributed by atoms with Crippen LogP contribution in [-0.2, 0) is 4.79 Å². The molecule has 1 N–H and O–H groups in total. The molecule has 3 rings (SSSR count). The molecular weight excluding hydrogens is 353 g/mol. The van der Waals surface area contributed by atoms with Gasteiger partial charge in [0.2, 0.25) is 5.91 Å². The van der Waals surface area contributed by atoms with E-state index in [9.17, 15) is 9.18 Å². The fraction of sp³-hybridized carbons (Fsp3) is 0.350. The number of carbonyl (C=O) groups is 1. The fourth-order valence-corrected chi connectivity index (χ4v) is 3.67. The van der Waals surface area contributed by atoms with Crippen LogP contribution in [-0.4, -0.2) is 24.9 Å². The molecule has 0 saturated heterocycles. The second-order valence-electron chi connectivity index (χ2n) is 5.96. The Balaban J connectivity index is 1.54. The molecule has 1 atom stereocenters. The van der Waals surface area contributed by atoms with Crippen LogP contribution in [0.3, 0.4) is 0 Å². The highest BCUT2D eigenvalue weighted by molar-refractivity contribution is 7.99. The predicted octanol–water partition coefficient (Wildman–Crippen LogP) is 4.35. The first-order valence-electron chi connectivity index (χ1n) is 8.73. The summed E-state index contributed by atoms with van der Waals surface area (Å²) in [4.78, 5) is 12.8. The number of hydrogen-bond donors (Lipinski definition) is 1. The van der Waals surface area contributed by atoms with Crippen LogP contribution in [0.2, 0.25) is 0 Å². The molecule has 1 amide bonds. The van der Waals surface area contributed by atoms with E-state index < -0.39 is 0 Å². The van der Waals surface area contributed by atoms with Gasteiger partial charge in [0, 0.05) is 17.1 Å². The van der Waals surface area contributed by atoms with Gasteiger partial charge in [0.15, 0.2) is 11.5 Å². The second-order valence-corrected chi connectivity index (χ2v) is 7.10. The lowest BCUT2D eigenvalue weighted by molar-refractivity contribution is -0.121. The number of fused-ring (bicyclic) bond motifs is 1. The van der Waals surface area contributed by atoms with Gasteiger partial charge >= 0.3 is 0 Å². The Bertz CT molecular complexity index is 768. The van der Waals surface area contributed by atoms with Crippen molar-refractivity contribution in [3.63, 3.8) is 0 Å². The van der Waals surface area contributed by atoms with Crippen molar-refractivity contribution in [2.24, 2.45) is 0 Å². The van der Waals surface area contributed by atoms with Crippen LogP contribution in [0.15, 0.2) is 47.4 Å². The normalized spacial score (nSPS) is 13.9. The lowest BCUT2D eigenvalue weighted by atomic mass is 10.0. The summed E-state index contributed by atoms with van der Waals surface area (Å²) < 4.78 is 24.7. The SMILES string of the molecule is CCC(NC(=O)CCSc1ccccc1F)c1ccc2c(c1)OCCO2. The molecule has 0 fully saturated rings. The van der Waals surface area contributed by atoms with Crippen LogP contribution < -0.4 is 14.8 Å². The summed E-state index contributed by atoms with van der Waals surface area (Å²) in [6.07, 6.45) is 1.10. The third-order valence-electron chi connectivity index (χ3n) is 4.14. The number of halogens is 1. The average Bonchev–Trinajstić information content (AvgIpc) is 2.67. The zero-order chi connectivity index (χ0) is 18.4. The third kappa shape index (κ3) is 4.69. The summed E-state index contributed by atoms with van der Waals surface area (Å²) in [5.41, 5.74) is 0.992. The minimum atomic E-state index is -0.249. The van der Waals surface area contributed by atoms with Gasteiger partial charge in [0.25, 0.3) is 0 Å². The Morgan fingerprint density at radius 3 is 2.73 bits per heavy atom. The van der Waals surface area contributed by atoms with Gasteiger partial charge in [-0.3, -0.25) is 4.79 Å². The molecule has 1 aliphatic rings. The van der Waals surface area contributed by atoms with Gasteiger partial charge in [-0.15, -0.1) is 11.8 Å². The summed E-state index contributed by atoms with van der Waals surface area (Å²) in [7, 11) is 0. The number of benzene rings is 2. The molecule has 26 heavy (non-hydrogen) atoms. The molecule has 0 spiro atoms.